The monoisotopic (exact) mass is 690 g/mol. The van der Waals surface area contributed by atoms with Gasteiger partial charge in [0.25, 0.3) is 0 Å². The van der Waals surface area contributed by atoms with Crippen molar-refractivity contribution >= 4 is 5.91 Å². The Kier molecular flexibility index (Phi) is 38.2. The zero-order valence-electron chi connectivity index (χ0n) is 32.6. The summed E-state index contributed by atoms with van der Waals surface area (Å²) in [6.45, 7) is 4.15. The van der Waals surface area contributed by atoms with Crippen LogP contribution in [0.15, 0.2) is 36.5 Å². The van der Waals surface area contributed by atoms with E-state index >= 15 is 0 Å². The molecule has 0 aliphatic rings. The average molecular weight is 690 g/mol. The van der Waals surface area contributed by atoms with Crippen molar-refractivity contribution in [3.63, 3.8) is 0 Å². The first-order valence-corrected chi connectivity index (χ1v) is 21.3. The first-order valence-electron chi connectivity index (χ1n) is 21.3. The molecule has 0 saturated carbocycles. The highest BCUT2D eigenvalue weighted by Crippen LogP contribution is 2.15. The fraction of sp³-hybridized carbons (Fsp3) is 0.841. The topological polar surface area (TPSA) is 89.8 Å². The third-order valence-electron chi connectivity index (χ3n) is 9.71. The zero-order chi connectivity index (χ0) is 35.9. The number of rotatable bonds is 38. The molecule has 49 heavy (non-hydrogen) atoms. The first-order chi connectivity index (χ1) is 24.1. The average Bonchev–Trinajstić information content (AvgIpc) is 3.11. The molecule has 0 aromatic heterocycles. The number of hydrogen-bond acceptors (Lipinski definition) is 4. The summed E-state index contributed by atoms with van der Waals surface area (Å²) >= 11 is 0. The molecular weight excluding hydrogens is 606 g/mol. The predicted molar refractivity (Wildman–Crippen MR) is 213 cm³/mol. The van der Waals surface area contributed by atoms with E-state index in [1.807, 2.05) is 6.08 Å². The molecule has 0 fully saturated rings. The summed E-state index contributed by atoms with van der Waals surface area (Å²) in [7, 11) is 0. The smallest absolute Gasteiger partial charge is 0.249 e. The Morgan fingerprint density at radius 2 is 0.837 bits per heavy atom. The molecule has 0 aromatic rings. The molecule has 1 amide bonds. The van der Waals surface area contributed by atoms with E-state index in [4.69, 9.17) is 0 Å². The lowest BCUT2D eigenvalue weighted by Gasteiger charge is -2.21. The Labute approximate surface area is 304 Å². The second kappa shape index (κ2) is 39.4. The van der Waals surface area contributed by atoms with Crippen LogP contribution in [-0.4, -0.2) is 46.1 Å². The molecule has 0 aromatic carbocycles. The van der Waals surface area contributed by atoms with E-state index in [0.29, 0.717) is 6.42 Å². The van der Waals surface area contributed by atoms with Crippen LogP contribution in [-0.2, 0) is 4.79 Å². The molecule has 0 saturated heterocycles. The number of unbranched alkanes of at least 4 members (excludes halogenated alkanes) is 26. The zero-order valence-corrected chi connectivity index (χ0v) is 32.6. The maximum Gasteiger partial charge on any atom is 0.249 e. The Balaban J connectivity index is 3.72. The van der Waals surface area contributed by atoms with Gasteiger partial charge in [0.05, 0.1) is 18.8 Å². The van der Waals surface area contributed by atoms with E-state index in [2.05, 4.69) is 43.5 Å². The van der Waals surface area contributed by atoms with E-state index in [-0.39, 0.29) is 6.61 Å². The van der Waals surface area contributed by atoms with Crippen molar-refractivity contribution in [3.05, 3.63) is 36.5 Å². The second-order valence-corrected chi connectivity index (χ2v) is 14.5. The summed E-state index contributed by atoms with van der Waals surface area (Å²) in [4.78, 5) is 12.4. The molecule has 5 heteroatoms. The van der Waals surface area contributed by atoms with Gasteiger partial charge >= 0.3 is 0 Å². The molecule has 3 atom stereocenters. The van der Waals surface area contributed by atoms with Gasteiger partial charge < -0.3 is 20.6 Å². The second-order valence-electron chi connectivity index (χ2n) is 14.5. The summed E-state index contributed by atoms with van der Waals surface area (Å²) in [5.41, 5.74) is 0. The molecular formula is C44H83NO4. The van der Waals surface area contributed by atoms with Crippen LogP contribution in [0.4, 0.5) is 0 Å². The van der Waals surface area contributed by atoms with Crippen molar-refractivity contribution < 1.29 is 20.1 Å². The summed E-state index contributed by atoms with van der Waals surface area (Å²) in [5, 5.41) is 33.0. The maximum absolute atomic E-state index is 12.4. The number of allylic oxidation sites excluding steroid dienone is 5. The SMILES string of the molecule is CCCCCCCCCCCCCCCC/C=C/CC/C=C/CC/C=C/C(O)C(CO)NC(=O)C(O)CCCCCCCCCCCCC. The predicted octanol–water partition coefficient (Wildman–Crippen LogP) is 12.0. The fourth-order valence-electron chi connectivity index (χ4n) is 6.33. The number of nitrogens with one attached hydrogen (secondary N) is 1. The van der Waals surface area contributed by atoms with Gasteiger partial charge in [0.1, 0.15) is 6.10 Å². The summed E-state index contributed by atoms with van der Waals surface area (Å²) < 4.78 is 0. The lowest BCUT2D eigenvalue weighted by molar-refractivity contribution is -0.131. The van der Waals surface area contributed by atoms with E-state index in [0.717, 1.165) is 44.9 Å². The molecule has 3 unspecified atom stereocenters. The van der Waals surface area contributed by atoms with Gasteiger partial charge in [0, 0.05) is 0 Å². The van der Waals surface area contributed by atoms with E-state index in [1.54, 1.807) is 6.08 Å². The standard InChI is InChI=1S/C44H83NO4/c1-3-5-7-9-11-13-15-16-17-18-19-20-21-22-23-24-25-26-27-29-30-32-34-36-38-42(47)41(40-46)45-44(49)43(48)39-37-35-33-31-28-14-12-10-8-6-4-2/h24-25,29-30,36,38,41-43,46-48H,3-23,26-28,31-35,37,39-40H2,1-2H3,(H,45,49)/b25-24+,30-29+,38-36+. The number of aliphatic hydroxyl groups excluding tert-OH is 3. The normalized spacial score (nSPS) is 14.0. The minimum absolute atomic E-state index is 0.380. The largest absolute Gasteiger partial charge is 0.394 e. The molecule has 0 radical (unpaired) electrons. The molecule has 0 aliphatic heterocycles. The van der Waals surface area contributed by atoms with E-state index in [1.165, 1.54) is 148 Å². The molecule has 0 heterocycles. The van der Waals surface area contributed by atoms with Crippen LogP contribution >= 0.6 is 0 Å². The van der Waals surface area contributed by atoms with Gasteiger partial charge in [-0.25, -0.2) is 0 Å². The van der Waals surface area contributed by atoms with Crippen molar-refractivity contribution in [2.45, 2.75) is 231 Å². The van der Waals surface area contributed by atoms with Crippen molar-refractivity contribution in [2.24, 2.45) is 0 Å². The summed E-state index contributed by atoms with van der Waals surface area (Å²) in [5.74, 6) is -0.518. The Bertz CT molecular complexity index is 764. The Morgan fingerprint density at radius 1 is 0.490 bits per heavy atom. The minimum atomic E-state index is -1.10. The maximum atomic E-state index is 12.4. The van der Waals surface area contributed by atoms with Gasteiger partial charge in [-0.3, -0.25) is 4.79 Å². The van der Waals surface area contributed by atoms with Crippen LogP contribution in [0.5, 0.6) is 0 Å². The van der Waals surface area contributed by atoms with E-state index < -0.39 is 24.2 Å². The number of carbonyl (C=O) groups excluding carboxylic acids is 1. The third-order valence-corrected chi connectivity index (χ3v) is 9.71. The van der Waals surface area contributed by atoms with Crippen LogP contribution in [0.1, 0.15) is 213 Å². The van der Waals surface area contributed by atoms with Crippen LogP contribution in [0, 0.1) is 0 Å². The van der Waals surface area contributed by atoms with Gasteiger partial charge in [-0.2, -0.15) is 0 Å². The van der Waals surface area contributed by atoms with Gasteiger partial charge in [-0.05, 0) is 44.9 Å². The highest BCUT2D eigenvalue weighted by Gasteiger charge is 2.22. The quantitative estimate of drug-likeness (QED) is 0.0384. The summed E-state index contributed by atoms with van der Waals surface area (Å²) in [6, 6.07) is -0.817. The molecule has 0 bridgehead atoms. The van der Waals surface area contributed by atoms with Gasteiger partial charge in [-0.1, -0.05) is 204 Å². The van der Waals surface area contributed by atoms with Crippen LogP contribution in [0.25, 0.3) is 0 Å². The molecule has 0 spiro atoms. The van der Waals surface area contributed by atoms with Crippen LogP contribution in [0.2, 0.25) is 0 Å². The van der Waals surface area contributed by atoms with Crippen molar-refractivity contribution in [3.8, 4) is 0 Å². The van der Waals surface area contributed by atoms with Crippen molar-refractivity contribution in [2.75, 3.05) is 6.61 Å². The summed E-state index contributed by atoms with van der Waals surface area (Å²) in [6.07, 6.45) is 49.0. The van der Waals surface area contributed by atoms with Crippen LogP contribution in [0.3, 0.4) is 0 Å². The molecule has 288 valence electrons. The number of carbonyl (C=O) groups is 1. The van der Waals surface area contributed by atoms with Crippen molar-refractivity contribution in [1.82, 2.24) is 5.32 Å². The number of hydrogen-bond donors (Lipinski definition) is 4. The van der Waals surface area contributed by atoms with Gasteiger partial charge in [0.2, 0.25) is 5.91 Å². The molecule has 4 N–H and O–H groups in total. The minimum Gasteiger partial charge on any atom is -0.394 e. The van der Waals surface area contributed by atoms with Gasteiger partial charge in [-0.15, -0.1) is 0 Å². The third kappa shape index (κ3) is 34.8. The fourth-order valence-corrected chi connectivity index (χ4v) is 6.33. The van der Waals surface area contributed by atoms with Crippen LogP contribution < -0.4 is 5.32 Å². The number of amides is 1. The van der Waals surface area contributed by atoms with Gasteiger partial charge in [0.15, 0.2) is 0 Å². The molecule has 5 nitrogen and oxygen atoms in total. The lowest BCUT2D eigenvalue weighted by atomic mass is 10.0. The Hall–Kier alpha value is -1.43. The Morgan fingerprint density at radius 3 is 1.24 bits per heavy atom. The van der Waals surface area contributed by atoms with Crippen molar-refractivity contribution in [1.29, 1.82) is 0 Å². The lowest BCUT2D eigenvalue weighted by Crippen LogP contribution is -2.48. The van der Waals surface area contributed by atoms with E-state index in [9.17, 15) is 20.1 Å². The molecule has 0 aliphatic carbocycles. The molecule has 0 rings (SSSR count). The highest BCUT2D eigenvalue weighted by molar-refractivity contribution is 5.80. The highest BCUT2D eigenvalue weighted by atomic mass is 16.3. The first kappa shape index (κ1) is 47.6. The number of aliphatic hydroxyl groups is 3.